The lowest BCUT2D eigenvalue weighted by atomic mass is 9.96. The second kappa shape index (κ2) is 7.11. The van der Waals surface area contributed by atoms with Crippen molar-refractivity contribution in [3.8, 4) is 0 Å². The fourth-order valence-corrected chi connectivity index (χ4v) is 2.37. The van der Waals surface area contributed by atoms with Crippen LogP contribution in [0.2, 0.25) is 0 Å². The Bertz CT molecular complexity index is 357. The van der Waals surface area contributed by atoms with Gasteiger partial charge in [0.25, 0.3) is 0 Å². The van der Waals surface area contributed by atoms with E-state index in [4.69, 9.17) is 5.11 Å². The smallest absolute Gasteiger partial charge is 0.323 e. The molecule has 0 bridgehead atoms. The Morgan fingerprint density at radius 1 is 1.37 bits per heavy atom. The molecule has 19 heavy (non-hydrogen) atoms. The van der Waals surface area contributed by atoms with Crippen molar-refractivity contribution in [3.05, 3.63) is 0 Å². The molecule has 1 aliphatic rings. The summed E-state index contributed by atoms with van der Waals surface area (Å²) in [5.41, 5.74) is 0. The molecule has 0 radical (unpaired) electrons. The lowest BCUT2D eigenvalue weighted by molar-refractivity contribution is -0.147. The summed E-state index contributed by atoms with van der Waals surface area (Å²) in [6.45, 7) is 2.77. The van der Waals surface area contributed by atoms with Crippen molar-refractivity contribution >= 4 is 17.8 Å². The second-order valence-corrected chi connectivity index (χ2v) is 5.02. The Kier molecular flexibility index (Phi) is 5.79. The summed E-state index contributed by atoms with van der Waals surface area (Å²) in [7, 11) is 1.49. The molecule has 1 aliphatic heterocycles. The minimum absolute atomic E-state index is 0.0842. The maximum Gasteiger partial charge on any atom is 0.323 e. The molecule has 1 fully saturated rings. The molecule has 0 aromatic rings. The van der Waals surface area contributed by atoms with Crippen LogP contribution in [0, 0.1) is 5.92 Å². The van der Waals surface area contributed by atoms with Crippen LogP contribution in [0.25, 0.3) is 0 Å². The summed E-state index contributed by atoms with van der Waals surface area (Å²) >= 11 is 0. The fourth-order valence-electron chi connectivity index (χ4n) is 2.37. The summed E-state index contributed by atoms with van der Waals surface area (Å²) in [6.07, 6.45) is 2.82. The third kappa shape index (κ3) is 4.54. The number of likely N-dealkylation sites (N-methyl/N-ethyl adjacent to an activating group) is 1. The summed E-state index contributed by atoms with van der Waals surface area (Å²) in [6, 6.07) is 0. The number of carboxylic acid groups (broad SMARTS) is 1. The van der Waals surface area contributed by atoms with Gasteiger partial charge in [0.2, 0.25) is 11.8 Å². The fraction of sp³-hybridized carbons (Fsp3) is 0.769. The third-order valence-electron chi connectivity index (χ3n) is 3.34. The van der Waals surface area contributed by atoms with Crippen molar-refractivity contribution in [3.63, 3.8) is 0 Å². The number of hydrogen-bond donors (Lipinski definition) is 1. The van der Waals surface area contributed by atoms with E-state index in [1.807, 2.05) is 6.92 Å². The second-order valence-electron chi connectivity index (χ2n) is 5.02. The van der Waals surface area contributed by atoms with Gasteiger partial charge in [0.15, 0.2) is 0 Å². The van der Waals surface area contributed by atoms with Crippen LogP contribution in [0.4, 0.5) is 0 Å². The van der Waals surface area contributed by atoms with Gasteiger partial charge in [-0.15, -0.1) is 0 Å². The molecule has 0 aromatic carbocycles. The van der Waals surface area contributed by atoms with Crippen LogP contribution < -0.4 is 0 Å². The molecule has 1 atom stereocenters. The number of likely N-dealkylation sites (tertiary alicyclic amines) is 1. The zero-order valence-corrected chi connectivity index (χ0v) is 11.6. The van der Waals surface area contributed by atoms with Crippen LogP contribution >= 0.6 is 0 Å². The molecule has 0 spiro atoms. The predicted octanol–water partition coefficient (Wildman–Crippen LogP) is 0.568. The number of nitrogens with zero attached hydrogens (tertiary/aromatic N) is 2. The quantitative estimate of drug-likeness (QED) is 0.792. The Morgan fingerprint density at radius 3 is 2.63 bits per heavy atom. The highest BCUT2D eigenvalue weighted by atomic mass is 16.4. The first-order chi connectivity index (χ1) is 8.95. The SMILES string of the molecule is CCCC(=O)N1CCCC(C(=O)N(C)CC(=O)O)C1. The number of aliphatic carboxylic acids is 1. The Morgan fingerprint density at radius 2 is 2.05 bits per heavy atom. The number of hydrogen-bond acceptors (Lipinski definition) is 3. The normalized spacial score (nSPS) is 19.1. The first-order valence-corrected chi connectivity index (χ1v) is 6.70. The van der Waals surface area contributed by atoms with Gasteiger partial charge in [-0.1, -0.05) is 6.92 Å². The van der Waals surface area contributed by atoms with Gasteiger partial charge in [-0.3, -0.25) is 14.4 Å². The monoisotopic (exact) mass is 270 g/mol. The average Bonchev–Trinajstić information content (AvgIpc) is 2.37. The molecule has 1 N–H and O–H groups in total. The number of carbonyl (C=O) groups excluding carboxylic acids is 2. The Labute approximate surface area is 113 Å². The van der Waals surface area contributed by atoms with Crippen molar-refractivity contribution in [2.45, 2.75) is 32.6 Å². The van der Waals surface area contributed by atoms with E-state index in [1.54, 1.807) is 4.90 Å². The molecular formula is C13H22N2O4. The molecule has 2 amide bonds. The molecule has 0 aliphatic carbocycles. The van der Waals surface area contributed by atoms with Crippen LogP contribution in [0.5, 0.6) is 0 Å². The lowest BCUT2D eigenvalue weighted by Crippen LogP contribution is -2.46. The van der Waals surface area contributed by atoms with E-state index in [2.05, 4.69) is 0 Å². The van der Waals surface area contributed by atoms with Gasteiger partial charge in [-0.05, 0) is 19.3 Å². The van der Waals surface area contributed by atoms with Crippen molar-refractivity contribution in [2.75, 3.05) is 26.7 Å². The molecule has 1 heterocycles. The van der Waals surface area contributed by atoms with Crippen LogP contribution in [-0.4, -0.2) is 59.4 Å². The number of piperidine rings is 1. The summed E-state index contributed by atoms with van der Waals surface area (Å²) in [5.74, 6) is -1.39. The highest BCUT2D eigenvalue weighted by Gasteiger charge is 2.30. The van der Waals surface area contributed by atoms with Gasteiger partial charge in [-0.2, -0.15) is 0 Å². The summed E-state index contributed by atoms with van der Waals surface area (Å²) in [5, 5.41) is 8.68. The number of rotatable bonds is 5. The highest BCUT2D eigenvalue weighted by molar-refractivity contribution is 5.84. The maximum atomic E-state index is 12.1. The van der Waals surface area contributed by atoms with Crippen LogP contribution in [0.15, 0.2) is 0 Å². The number of amides is 2. The highest BCUT2D eigenvalue weighted by Crippen LogP contribution is 2.19. The van der Waals surface area contributed by atoms with Gasteiger partial charge in [0, 0.05) is 26.6 Å². The van der Waals surface area contributed by atoms with E-state index >= 15 is 0 Å². The van der Waals surface area contributed by atoms with E-state index in [1.165, 1.54) is 11.9 Å². The van der Waals surface area contributed by atoms with E-state index in [0.29, 0.717) is 19.5 Å². The van der Waals surface area contributed by atoms with E-state index < -0.39 is 5.97 Å². The molecule has 6 heteroatoms. The lowest BCUT2D eigenvalue weighted by Gasteiger charge is -2.33. The molecule has 6 nitrogen and oxygen atoms in total. The first kappa shape index (κ1) is 15.5. The molecule has 1 saturated heterocycles. The van der Waals surface area contributed by atoms with Gasteiger partial charge in [-0.25, -0.2) is 0 Å². The van der Waals surface area contributed by atoms with Crippen molar-refractivity contribution in [1.82, 2.24) is 9.80 Å². The Hall–Kier alpha value is -1.59. The number of carboxylic acids is 1. The van der Waals surface area contributed by atoms with E-state index in [-0.39, 0.29) is 24.3 Å². The minimum atomic E-state index is -1.02. The molecular weight excluding hydrogens is 248 g/mol. The molecule has 0 aromatic heterocycles. The third-order valence-corrected chi connectivity index (χ3v) is 3.34. The summed E-state index contributed by atoms with van der Waals surface area (Å²) in [4.78, 5) is 37.5. The number of carbonyl (C=O) groups is 3. The van der Waals surface area contributed by atoms with Gasteiger partial charge in [0.1, 0.15) is 6.54 Å². The minimum Gasteiger partial charge on any atom is -0.480 e. The van der Waals surface area contributed by atoms with Gasteiger partial charge in [0.05, 0.1) is 5.92 Å². The molecule has 0 saturated carbocycles. The standard InChI is InChI=1S/C13H22N2O4/c1-3-5-11(16)15-7-4-6-10(8-15)13(19)14(2)9-12(17)18/h10H,3-9H2,1-2H3,(H,17,18). The van der Waals surface area contributed by atoms with Crippen molar-refractivity contribution in [2.24, 2.45) is 5.92 Å². The summed E-state index contributed by atoms with van der Waals surface area (Å²) < 4.78 is 0. The largest absolute Gasteiger partial charge is 0.480 e. The van der Waals surface area contributed by atoms with E-state index in [9.17, 15) is 14.4 Å². The molecule has 108 valence electrons. The van der Waals surface area contributed by atoms with Crippen molar-refractivity contribution in [1.29, 1.82) is 0 Å². The van der Waals surface area contributed by atoms with E-state index in [0.717, 1.165) is 19.3 Å². The van der Waals surface area contributed by atoms with Gasteiger partial charge < -0.3 is 14.9 Å². The molecule has 1 unspecified atom stereocenters. The van der Waals surface area contributed by atoms with Crippen LogP contribution in [0.3, 0.4) is 0 Å². The Balaban J connectivity index is 2.56. The van der Waals surface area contributed by atoms with Crippen molar-refractivity contribution < 1.29 is 19.5 Å². The average molecular weight is 270 g/mol. The maximum absolute atomic E-state index is 12.1. The topological polar surface area (TPSA) is 77.9 Å². The van der Waals surface area contributed by atoms with Crippen LogP contribution in [-0.2, 0) is 14.4 Å². The molecule has 1 rings (SSSR count). The van der Waals surface area contributed by atoms with Gasteiger partial charge >= 0.3 is 5.97 Å². The van der Waals surface area contributed by atoms with Crippen LogP contribution in [0.1, 0.15) is 32.6 Å². The zero-order chi connectivity index (χ0) is 14.4. The predicted molar refractivity (Wildman–Crippen MR) is 69.5 cm³/mol. The zero-order valence-electron chi connectivity index (χ0n) is 11.6. The first-order valence-electron chi connectivity index (χ1n) is 6.70.